The van der Waals surface area contributed by atoms with Crippen molar-refractivity contribution in [3.8, 4) is 22.9 Å². The fourth-order valence-corrected chi connectivity index (χ4v) is 3.20. The molecule has 1 amide bonds. The van der Waals surface area contributed by atoms with Crippen LogP contribution in [-0.2, 0) is 11.2 Å². The number of carbonyl (C=O) groups is 1. The molecule has 6 nitrogen and oxygen atoms in total. The molecule has 0 fully saturated rings. The van der Waals surface area contributed by atoms with Crippen LogP contribution in [0, 0.1) is 0 Å². The first-order valence-corrected chi connectivity index (χ1v) is 9.61. The van der Waals surface area contributed by atoms with E-state index in [4.69, 9.17) is 9.47 Å². The van der Waals surface area contributed by atoms with E-state index in [1.807, 2.05) is 48.7 Å². The van der Waals surface area contributed by atoms with Crippen molar-refractivity contribution in [2.45, 2.75) is 13.3 Å². The summed E-state index contributed by atoms with van der Waals surface area (Å²) >= 11 is 1.56. The number of ether oxygens (including phenoxy) is 2. The molecule has 0 saturated heterocycles. The molecule has 2 heterocycles. The van der Waals surface area contributed by atoms with Crippen LogP contribution in [0.25, 0.3) is 11.4 Å². The zero-order chi connectivity index (χ0) is 18.9. The summed E-state index contributed by atoms with van der Waals surface area (Å²) in [6, 6.07) is 13.1. The minimum absolute atomic E-state index is 0.0544. The summed E-state index contributed by atoms with van der Waals surface area (Å²) in [7, 11) is 0. The Labute approximate surface area is 162 Å². The maximum atomic E-state index is 12.0. The molecule has 0 aliphatic heterocycles. The first-order valence-electron chi connectivity index (χ1n) is 8.73. The molecular formula is C20H21N3O3S. The summed E-state index contributed by atoms with van der Waals surface area (Å²) < 4.78 is 11.0. The summed E-state index contributed by atoms with van der Waals surface area (Å²) in [4.78, 5) is 20.9. The standard InChI is InChI=1S/C20H21N3O3S/c1-2-25-17-8-3-4-9-18(17)26-13-19(24)22-12-10-20-23-16(14-27-20)15-7-5-6-11-21-15/h3-9,11,14H,2,10,12-13H2,1H3,(H,22,24). The SMILES string of the molecule is CCOc1ccccc1OCC(=O)NCCc1nc(-c2ccccn2)cs1. The summed E-state index contributed by atoms with van der Waals surface area (Å²) in [5.74, 6) is 1.02. The number of aromatic nitrogens is 2. The summed E-state index contributed by atoms with van der Waals surface area (Å²) in [5, 5.41) is 5.78. The lowest BCUT2D eigenvalue weighted by Gasteiger charge is -2.11. The predicted octanol–water partition coefficient (Wildman–Crippen LogP) is 3.34. The Kier molecular flexibility index (Phi) is 6.76. The highest BCUT2D eigenvalue weighted by atomic mass is 32.1. The number of nitrogens with one attached hydrogen (secondary N) is 1. The van der Waals surface area contributed by atoms with Gasteiger partial charge in [-0.15, -0.1) is 11.3 Å². The second-order valence-corrected chi connectivity index (χ2v) is 6.55. The van der Waals surface area contributed by atoms with Crippen LogP contribution >= 0.6 is 11.3 Å². The average Bonchev–Trinajstić information content (AvgIpc) is 3.17. The van der Waals surface area contributed by atoms with Crippen molar-refractivity contribution < 1.29 is 14.3 Å². The number of amides is 1. The zero-order valence-electron chi connectivity index (χ0n) is 15.1. The molecule has 0 aliphatic carbocycles. The first-order chi connectivity index (χ1) is 13.3. The van der Waals surface area contributed by atoms with Crippen LogP contribution in [0.2, 0.25) is 0 Å². The molecule has 3 aromatic rings. The monoisotopic (exact) mass is 383 g/mol. The van der Waals surface area contributed by atoms with Crippen LogP contribution in [0.3, 0.4) is 0 Å². The molecular weight excluding hydrogens is 362 g/mol. The van der Waals surface area contributed by atoms with Gasteiger partial charge in [-0.3, -0.25) is 9.78 Å². The van der Waals surface area contributed by atoms with E-state index in [2.05, 4.69) is 15.3 Å². The maximum Gasteiger partial charge on any atom is 0.257 e. The fourth-order valence-electron chi connectivity index (χ4n) is 2.40. The Morgan fingerprint density at radius 3 is 2.59 bits per heavy atom. The lowest BCUT2D eigenvalue weighted by atomic mass is 10.3. The Bertz CT molecular complexity index is 868. The quantitative estimate of drug-likeness (QED) is 0.613. The van der Waals surface area contributed by atoms with Crippen molar-refractivity contribution >= 4 is 17.2 Å². The van der Waals surface area contributed by atoms with Gasteiger partial charge in [-0.2, -0.15) is 0 Å². The predicted molar refractivity (Wildman–Crippen MR) is 105 cm³/mol. The normalized spacial score (nSPS) is 10.4. The van der Waals surface area contributed by atoms with Gasteiger partial charge in [0.15, 0.2) is 18.1 Å². The topological polar surface area (TPSA) is 73.3 Å². The van der Waals surface area contributed by atoms with E-state index in [0.717, 1.165) is 16.4 Å². The van der Waals surface area contributed by atoms with E-state index in [1.54, 1.807) is 23.6 Å². The number of hydrogen-bond acceptors (Lipinski definition) is 6. The van der Waals surface area contributed by atoms with Gasteiger partial charge in [-0.05, 0) is 31.2 Å². The molecule has 140 valence electrons. The highest BCUT2D eigenvalue weighted by molar-refractivity contribution is 7.09. The zero-order valence-corrected chi connectivity index (χ0v) is 15.9. The third kappa shape index (κ3) is 5.52. The van der Waals surface area contributed by atoms with Crippen LogP contribution in [0.4, 0.5) is 0 Å². The highest BCUT2D eigenvalue weighted by Crippen LogP contribution is 2.26. The molecule has 1 N–H and O–H groups in total. The van der Waals surface area contributed by atoms with Crippen LogP contribution < -0.4 is 14.8 Å². The Balaban J connectivity index is 1.43. The first kappa shape index (κ1) is 18.8. The Morgan fingerprint density at radius 2 is 1.85 bits per heavy atom. The van der Waals surface area contributed by atoms with E-state index in [-0.39, 0.29) is 12.5 Å². The molecule has 2 aromatic heterocycles. The van der Waals surface area contributed by atoms with Crippen molar-refractivity contribution in [2.75, 3.05) is 19.8 Å². The number of benzene rings is 1. The van der Waals surface area contributed by atoms with Gasteiger partial charge in [-0.1, -0.05) is 18.2 Å². The van der Waals surface area contributed by atoms with Crippen molar-refractivity contribution in [3.63, 3.8) is 0 Å². The van der Waals surface area contributed by atoms with Gasteiger partial charge >= 0.3 is 0 Å². The fraction of sp³-hybridized carbons (Fsp3) is 0.250. The molecule has 0 spiro atoms. The molecule has 7 heteroatoms. The third-order valence-electron chi connectivity index (χ3n) is 3.65. The summed E-state index contributed by atoms with van der Waals surface area (Å²) in [6.45, 7) is 2.90. The van der Waals surface area contributed by atoms with E-state index < -0.39 is 0 Å². The van der Waals surface area contributed by atoms with E-state index in [1.165, 1.54) is 0 Å². The van der Waals surface area contributed by atoms with Crippen LogP contribution in [0.15, 0.2) is 54.0 Å². The third-order valence-corrected chi connectivity index (χ3v) is 4.56. The van der Waals surface area contributed by atoms with Crippen LogP contribution in [-0.4, -0.2) is 35.6 Å². The van der Waals surface area contributed by atoms with Crippen molar-refractivity contribution in [1.29, 1.82) is 0 Å². The minimum Gasteiger partial charge on any atom is -0.490 e. The van der Waals surface area contributed by atoms with Gasteiger partial charge in [0.2, 0.25) is 0 Å². The number of rotatable bonds is 9. The van der Waals surface area contributed by atoms with Gasteiger partial charge in [0, 0.05) is 24.5 Å². The number of nitrogens with zero attached hydrogens (tertiary/aromatic N) is 2. The second kappa shape index (κ2) is 9.68. The average molecular weight is 383 g/mol. The number of para-hydroxylation sites is 2. The number of carbonyl (C=O) groups excluding carboxylic acids is 1. The largest absolute Gasteiger partial charge is 0.490 e. The number of hydrogen-bond donors (Lipinski definition) is 1. The lowest BCUT2D eigenvalue weighted by molar-refractivity contribution is -0.123. The molecule has 0 aliphatic rings. The molecule has 27 heavy (non-hydrogen) atoms. The second-order valence-electron chi connectivity index (χ2n) is 5.61. The highest BCUT2D eigenvalue weighted by Gasteiger charge is 2.08. The Morgan fingerprint density at radius 1 is 1.07 bits per heavy atom. The minimum atomic E-state index is -0.178. The molecule has 0 bridgehead atoms. The summed E-state index contributed by atoms with van der Waals surface area (Å²) in [6.07, 6.45) is 2.41. The molecule has 0 saturated carbocycles. The molecule has 0 radical (unpaired) electrons. The smallest absolute Gasteiger partial charge is 0.257 e. The number of thiazole rings is 1. The van der Waals surface area contributed by atoms with Crippen LogP contribution in [0.5, 0.6) is 11.5 Å². The van der Waals surface area contributed by atoms with E-state index in [9.17, 15) is 4.79 Å². The van der Waals surface area contributed by atoms with Gasteiger partial charge in [0.25, 0.3) is 5.91 Å². The van der Waals surface area contributed by atoms with Crippen molar-refractivity contribution in [2.24, 2.45) is 0 Å². The Hall–Kier alpha value is -2.93. The van der Waals surface area contributed by atoms with Crippen molar-refractivity contribution in [1.82, 2.24) is 15.3 Å². The molecule has 1 aromatic carbocycles. The van der Waals surface area contributed by atoms with Crippen LogP contribution in [0.1, 0.15) is 11.9 Å². The lowest BCUT2D eigenvalue weighted by Crippen LogP contribution is -2.30. The van der Waals surface area contributed by atoms with E-state index >= 15 is 0 Å². The molecule has 0 atom stereocenters. The van der Waals surface area contributed by atoms with Gasteiger partial charge in [0.1, 0.15) is 0 Å². The molecule has 3 rings (SSSR count). The van der Waals surface area contributed by atoms with Gasteiger partial charge in [-0.25, -0.2) is 4.98 Å². The summed E-state index contributed by atoms with van der Waals surface area (Å²) in [5.41, 5.74) is 1.71. The number of pyridine rings is 1. The molecule has 0 unspecified atom stereocenters. The van der Waals surface area contributed by atoms with E-state index in [0.29, 0.717) is 31.1 Å². The van der Waals surface area contributed by atoms with Gasteiger partial charge < -0.3 is 14.8 Å². The van der Waals surface area contributed by atoms with Crippen molar-refractivity contribution in [3.05, 3.63) is 59.0 Å². The van der Waals surface area contributed by atoms with Gasteiger partial charge in [0.05, 0.1) is 23.0 Å². The maximum absolute atomic E-state index is 12.0.